The summed E-state index contributed by atoms with van der Waals surface area (Å²) in [5, 5.41) is 0. The van der Waals surface area contributed by atoms with Crippen LogP contribution in [0.25, 0.3) is 0 Å². The number of halogens is 1. The molecule has 1 aromatic rings. The van der Waals surface area contributed by atoms with Crippen LogP contribution in [0.5, 0.6) is 5.75 Å². The number of rotatable bonds is 4. The molecule has 0 fully saturated rings. The van der Waals surface area contributed by atoms with E-state index in [2.05, 4.69) is 0 Å². The van der Waals surface area contributed by atoms with E-state index in [9.17, 15) is 9.18 Å². The third kappa shape index (κ3) is 2.94. The number of nitrogens with zero attached hydrogens (tertiary/aromatic N) is 1. The second-order valence-corrected chi connectivity index (χ2v) is 3.38. The number of hydrogen-bond acceptors (Lipinski definition) is 3. The normalized spacial score (nSPS) is 9.87. The van der Waals surface area contributed by atoms with Crippen molar-refractivity contribution in [3.05, 3.63) is 24.0 Å². The van der Waals surface area contributed by atoms with Crippen LogP contribution in [0.2, 0.25) is 0 Å². The second kappa shape index (κ2) is 4.77. The Balaban J connectivity index is 2.87. The number of ketones is 1. The highest BCUT2D eigenvalue weighted by Gasteiger charge is 2.07. The molecule has 3 nitrogen and oxygen atoms in total. The number of carbonyl (C=O) groups is 1. The molecule has 0 aliphatic carbocycles. The maximum Gasteiger partial charge on any atom is 0.167 e. The average molecular weight is 211 g/mol. The molecule has 1 aromatic carbocycles. The fourth-order valence-corrected chi connectivity index (χ4v) is 1.32. The molecule has 0 spiro atoms. The van der Waals surface area contributed by atoms with Crippen LogP contribution in [-0.4, -0.2) is 26.5 Å². The zero-order valence-corrected chi connectivity index (χ0v) is 9.08. The van der Waals surface area contributed by atoms with Gasteiger partial charge in [-0.3, -0.25) is 4.79 Å². The van der Waals surface area contributed by atoms with Crippen LogP contribution in [-0.2, 0) is 4.79 Å². The minimum atomic E-state index is -0.426. The van der Waals surface area contributed by atoms with Crippen molar-refractivity contribution in [2.45, 2.75) is 6.92 Å². The molecule has 0 heterocycles. The topological polar surface area (TPSA) is 29.5 Å². The minimum absolute atomic E-state index is 0.0359. The standard InChI is InChI=1S/C11H14FNO2/c1-8(14)7-13(2)9-4-5-11(15-3)10(12)6-9/h4-6H,7H2,1-3H3. The summed E-state index contributed by atoms with van der Waals surface area (Å²) in [6.45, 7) is 1.77. The number of carbonyl (C=O) groups excluding carboxylic acids is 1. The van der Waals surface area contributed by atoms with Gasteiger partial charge in [0, 0.05) is 18.8 Å². The number of ether oxygens (including phenoxy) is 1. The largest absolute Gasteiger partial charge is 0.494 e. The average Bonchev–Trinajstić information content (AvgIpc) is 2.16. The fourth-order valence-electron chi connectivity index (χ4n) is 1.32. The lowest BCUT2D eigenvalue weighted by molar-refractivity contribution is -0.115. The van der Waals surface area contributed by atoms with Gasteiger partial charge in [-0.05, 0) is 19.1 Å². The first-order valence-electron chi connectivity index (χ1n) is 4.58. The molecular weight excluding hydrogens is 197 g/mol. The predicted octanol–water partition coefficient (Wildman–Crippen LogP) is 1.86. The van der Waals surface area contributed by atoms with Gasteiger partial charge in [-0.2, -0.15) is 0 Å². The van der Waals surface area contributed by atoms with Gasteiger partial charge in [0.2, 0.25) is 0 Å². The minimum Gasteiger partial charge on any atom is -0.494 e. The number of anilines is 1. The van der Waals surface area contributed by atoms with Gasteiger partial charge >= 0.3 is 0 Å². The van der Waals surface area contributed by atoms with Crippen molar-refractivity contribution in [1.29, 1.82) is 0 Å². The number of hydrogen-bond donors (Lipinski definition) is 0. The summed E-state index contributed by atoms with van der Waals surface area (Å²) in [5.41, 5.74) is 0.656. The van der Waals surface area contributed by atoms with Crippen LogP contribution in [0.3, 0.4) is 0 Å². The number of benzene rings is 1. The maximum absolute atomic E-state index is 13.3. The molecule has 0 saturated heterocycles. The van der Waals surface area contributed by atoms with Gasteiger partial charge in [-0.25, -0.2) is 4.39 Å². The molecule has 1 rings (SSSR count). The van der Waals surface area contributed by atoms with Gasteiger partial charge in [0.25, 0.3) is 0 Å². The van der Waals surface area contributed by atoms with E-state index in [1.165, 1.54) is 20.1 Å². The summed E-state index contributed by atoms with van der Waals surface area (Å²) < 4.78 is 18.1. The lowest BCUT2D eigenvalue weighted by atomic mass is 10.2. The molecule has 0 amide bonds. The molecule has 0 saturated carbocycles. The van der Waals surface area contributed by atoms with Crippen molar-refractivity contribution in [2.24, 2.45) is 0 Å². The van der Waals surface area contributed by atoms with E-state index in [0.29, 0.717) is 5.69 Å². The monoisotopic (exact) mass is 211 g/mol. The Bertz CT molecular complexity index is 366. The Morgan fingerprint density at radius 2 is 2.20 bits per heavy atom. The summed E-state index contributed by atoms with van der Waals surface area (Å²) in [6, 6.07) is 4.61. The van der Waals surface area contributed by atoms with Crippen molar-refractivity contribution < 1.29 is 13.9 Å². The first kappa shape index (κ1) is 11.5. The van der Waals surface area contributed by atoms with Crippen molar-refractivity contribution in [2.75, 3.05) is 25.6 Å². The smallest absolute Gasteiger partial charge is 0.167 e. The van der Waals surface area contributed by atoms with Gasteiger partial charge in [0.05, 0.1) is 13.7 Å². The van der Waals surface area contributed by atoms with Crippen molar-refractivity contribution in [3.8, 4) is 5.75 Å². The molecule has 0 radical (unpaired) electrons. The van der Waals surface area contributed by atoms with Gasteiger partial charge in [-0.1, -0.05) is 0 Å². The van der Waals surface area contributed by atoms with Crippen LogP contribution in [0.15, 0.2) is 18.2 Å². The molecule has 0 bridgehead atoms. The quantitative estimate of drug-likeness (QED) is 0.761. The Hall–Kier alpha value is -1.58. The van der Waals surface area contributed by atoms with Crippen LogP contribution in [0.4, 0.5) is 10.1 Å². The molecule has 15 heavy (non-hydrogen) atoms. The van der Waals surface area contributed by atoms with E-state index in [4.69, 9.17) is 4.74 Å². The first-order valence-corrected chi connectivity index (χ1v) is 4.58. The summed E-state index contributed by atoms with van der Waals surface area (Å²) >= 11 is 0. The molecule has 0 aromatic heterocycles. The molecule has 0 aliphatic heterocycles. The van der Waals surface area contributed by atoms with Gasteiger partial charge in [0.1, 0.15) is 5.78 Å². The third-order valence-corrected chi connectivity index (χ3v) is 2.04. The van der Waals surface area contributed by atoms with Crippen LogP contribution >= 0.6 is 0 Å². The maximum atomic E-state index is 13.3. The fraction of sp³-hybridized carbons (Fsp3) is 0.364. The highest BCUT2D eigenvalue weighted by Crippen LogP contribution is 2.22. The summed E-state index contributed by atoms with van der Waals surface area (Å²) in [6.07, 6.45) is 0. The SMILES string of the molecule is COc1ccc(N(C)CC(C)=O)cc1F. The molecule has 82 valence electrons. The summed E-state index contributed by atoms with van der Waals surface area (Å²) in [7, 11) is 3.15. The summed E-state index contributed by atoms with van der Waals surface area (Å²) in [4.78, 5) is 12.6. The zero-order chi connectivity index (χ0) is 11.4. The van der Waals surface area contributed by atoms with Gasteiger partial charge in [-0.15, -0.1) is 0 Å². The number of Topliss-reactive ketones (excluding diaryl/α,β-unsaturated/α-hetero) is 1. The van der Waals surface area contributed by atoms with Crippen LogP contribution < -0.4 is 9.64 Å². The Morgan fingerprint density at radius 1 is 1.53 bits per heavy atom. The van der Waals surface area contributed by atoms with Gasteiger partial charge in [0.15, 0.2) is 11.6 Å². The molecule has 0 N–H and O–H groups in total. The second-order valence-electron chi connectivity index (χ2n) is 3.38. The number of likely N-dealkylation sites (N-methyl/N-ethyl adjacent to an activating group) is 1. The van der Waals surface area contributed by atoms with E-state index in [1.807, 2.05) is 0 Å². The number of methoxy groups -OCH3 is 1. The van der Waals surface area contributed by atoms with Crippen LogP contribution in [0.1, 0.15) is 6.92 Å². The predicted molar refractivity (Wildman–Crippen MR) is 56.9 cm³/mol. The lowest BCUT2D eigenvalue weighted by Gasteiger charge is -2.17. The highest BCUT2D eigenvalue weighted by molar-refractivity contribution is 5.80. The lowest BCUT2D eigenvalue weighted by Crippen LogP contribution is -2.23. The van der Waals surface area contributed by atoms with E-state index in [1.54, 1.807) is 24.1 Å². The Morgan fingerprint density at radius 3 is 2.67 bits per heavy atom. The van der Waals surface area contributed by atoms with Crippen molar-refractivity contribution >= 4 is 11.5 Å². The molecule has 0 unspecified atom stereocenters. The third-order valence-electron chi connectivity index (χ3n) is 2.04. The Kier molecular flexibility index (Phi) is 3.66. The van der Waals surface area contributed by atoms with E-state index < -0.39 is 5.82 Å². The summed E-state index contributed by atoms with van der Waals surface area (Å²) in [5.74, 6) is -0.186. The molecule has 4 heteroatoms. The van der Waals surface area contributed by atoms with Crippen molar-refractivity contribution in [3.63, 3.8) is 0 Å². The Labute approximate surface area is 88.5 Å². The van der Waals surface area contributed by atoms with E-state index >= 15 is 0 Å². The van der Waals surface area contributed by atoms with Crippen LogP contribution in [0, 0.1) is 5.82 Å². The molecule has 0 aliphatic rings. The van der Waals surface area contributed by atoms with Gasteiger partial charge < -0.3 is 9.64 Å². The molecule has 0 atom stereocenters. The highest BCUT2D eigenvalue weighted by atomic mass is 19.1. The van der Waals surface area contributed by atoms with E-state index in [0.717, 1.165) is 0 Å². The van der Waals surface area contributed by atoms with E-state index in [-0.39, 0.29) is 18.1 Å². The van der Waals surface area contributed by atoms with Crippen molar-refractivity contribution in [1.82, 2.24) is 0 Å². The zero-order valence-electron chi connectivity index (χ0n) is 9.08. The first-order chi connectivity index (χ1) is 7.04. The molecular formula is C11H14FNO2.